The van der Waals surface area contributed by atoms with E-state index in [1.165, 1.54) is 10.5 Å². The first-order valence-electron chi connectivity index (χ1n) is 10.8. The predicted molar refractivity (Wildman–Crippen MR) is 126 cm³/mol. The lowest BCUT2D eigenvalue weighted by Gasteiger charge is -2.31. The SMILES string of the molecule is O=C(c1ccc(C#Cc2ccccc2)cc1)N1CC[NH+](C/C=C/c2ccccc2)CC1. The van der Waals surface area contributed by atoms with Crippen LogP contribution in [0.2, 0.25) is 0 Å². The molecule has 0 aliphatic carbocycles. The summed E-state index contributed by atoms with van der Waals surface area (Å²) < 4.78 is 0. The van der Waals surface area contributed by atoms with Crippen molar-refractivity contribution in [1.82, 2.24) is 4.90 Å². The molecule has 1 fully saturated rings. The highest BCUT2D eigenvalue weighted by molar-refractivity contribution is 5.94. The van der Waals surface area contributed by atoms with Crippen molar-refractivity contribution >= 4 is 12.0 Å². The fraction of sp³-hybridized carbons (Fsp3) is 0.179. The summed E-state index contributed by atoms with van der Waals surface area (Å²) in [4.78, 5) is 16.3. The molecule has 1 aliphatic heterocycles. The van der Waals surface area contributed by atoms with Crippen LogP contribution < -0.4 is 4.90 Å². The molecule has 0 aromatic heterocycles. The summed E-state index contributed by atoms with van der Waals surface area (Å²) in [5.41, 5.74) is 3.87. The molecule has 0 bridgehead atoms. The van der Waals surface area contributed by atoms with Crippen LogP contribution >= 0.6 is 0 Å². The third-order valence-corrected chi connectivity index (χ3v) is 5.53. The molecule has 31 heavy (non-hydrogen) atoms. The maximum atomic E-state index is 12.9. The van der Waals surface area contributed by atoms with Crippen LogP contribution in [-0.4, -0.2) is 43.5 Å². The van der Waals surface area contributed by atoms with E-state index in [0.29, 0.717) is 0 Å². The quantitative estimate of drug-likeness (QED) is 0.661. The minimum atomic E-state index is 0.112. The van der Waals surface area contributed by atoms with Gasteiger partial charge in [0, 0.05) is 16.7 Å². The molecule has 0 unspecified atom stereocenters. The van der Waals surface area contributed by atoms with E-state index in [-0.39, 0.29) is 5.91 Å². The van der Waals surface area contributed by atoms with Crippen molar-refractivity contribution in [2.45, 2.75) is 0 Å². The number of benzene rings is 3. The molecule has 1 heterocycles. The van der Waals surface area contributed by atoms with Crippen LogP contribution in [0.3, 0.4) is 0 Å². The lowest BCUT2D eigenvalue weighted by molar-refractivity contribution is -0.898. The molecule has 154 valence electrons. The summed E-state index contributed by atoms with van der Waals surface area (Å²) in [5.74, 6) is 6.42. The molecule has 3 nitrogen and oxygen atoms in total. The summed E-state index contributed by atoms with van der Waals surface area (Å²) in [7, 11) is 0. The Morgan fingerprint density at radius 1 is 0.806 bits per heavy atom. The van der Waals surface area contributed by atoms with Crippen LogP contribution in [0.25, 0.3) is 6.08 Å². The van der Waals surface area contributed by atoms with Gasteiger partial charge in [-0.15, -0.1) is 0 Å². The summed E-state index contributed by atoms with van der Waals surface area (Å²) in [6.45, 7) is 4.54. The highest BCUT2D eigenvalue weighted by Gasteiger charge is 2.23. The number of piperazine rings is 1. The van der Waals surface area contributed by atoms with E-state index in [4.69, 9.17) is 0 Å². The topological polar surface area (TPSA) is 24.8 Å². The highest BCUT2D eigenvalue weighted by Crippen LogP contribution is 2.08. The molecule has 0 atom stereocenters. The Labute approximate surface area is 184 Å². The number of hydrogen-bond acceptors (Lipinski definition) is 1. The van der Waals surface area contributed by atoms with E-state index in [1.54, 1.807) is 0 Å². The average molecular weight is 408 g/mol. The Morgan fingerprint density at radius 2 is 1.39 bits per heavy atom. The number of quaternary nitrogens is 1. The number of nitrogens with one attached hydrogen (secondary N) is 1. The Bertz CT molecular complexity index is 1070. The van der Waals surface area contributed by atoms with Crippen molar-refractivity contribution in [3.05, 3.63) is 113 Å². The molecule has 0 radical (unpaired) electrons. The van der Waals surface area contributed by atoms with Crippen molar-refractivity contribution < 1.29 is 9.69 Å². The molecule has 3 aromatic rings. The zero-order valence-corrected chi connectivity index (χ0v) is 17.6. The second kappa shape index (κ2) is 10.4. The average Bonchev–Trinajstić information content (AvgIpc) is 2.84. The monoisotopic (exact) mass is 407 g/mol. The molecule has 3 aromatic carbocycles. The second-order valence-electron chi connectivity index (χ2n) is 7.75. The third kappa shape index (κ3) is 5.94. The zero-order valence-electron chi connectivity index (χ0n) is 17.6. The molecular weight excluding hydrogens is 380 g/mol. The number of nitrogens with zero attached hydrogens (tertiary/aromatic N) is 1. The molecule has 1 aliphatic rings. The number of carbonyl (C=O) groups excluding carboxylic acids is 1. The van der Waals surface area contributed by atoms with E-state index in [9.17, 15) is 4.79 Å². The molecular formula is C28H27N2O+. The van der Waals surface area contributed by atoms with Crippen molar-refractivity contribution in [3.8, 4) is 11.8 Å². The standard InChI is InChI=1S/C28H26N2O/c31-28(27-17-15-26(16-18-27)14-13-25-10-5-2-6-11-25)30-22-20-29(21-23-30)19-7-12-24-8-3-1-4-9-24/h1-12,15-18H,19-23H2/p+1/b12-7+. The van der Waals surface area contributed by atoms with Gasteiger partial charge in [-0.3, -0.25) is 4.79 Å². The summed E-state index contributed by atoms with van der Waals surface area (Å²) in [6.07, 6.45) is 4.41. The normalized spacial score (nSPS) is 14.3. The molecule has 3 heteroatoms. The summed E-state index contributed by atoms with van der Waals surface area (Å²) >= 11 is 0. The Hall–Kier alpha value is -3.61. The molecule has 0 saturated carbocycles. The molecule has 1 amide bonds. The second-order valence-corrected chi connectivity index (χ2v) is 7.75. The molecule has 1 N–H and O–H groups in total. The van der Waals surface area contributed by atoms with Crippen molar-refractivity contribution in [2.24, 2.45) is 0 Å². The Morgan fingerprint density at radius 3 is 2.03 bits per heavy atom. The van der Waals surface area contributed by atoms with Crippen LogP contribution in [-0.2, 0) is 0 Å². The van der Waals surface area contributed by atoms with Gasteiger partial charge in [0.2, 0.25) is 0 Å². The molecule has 0 spiro atoms. The predicted octanol–water partition coefficient (Wildman–Crippen LogP) is 3.14. The van der Waals surface area contributed by atoms with Crippen LogP contribution in [0, 0.1) is 11.8 Å². The van der Waals surface area contributed by atoms with Gasteiger partial charge >= 0.3 is 0 Å². The molecule has 1 saturated heterocycles. The first-order chi connectivity index (χ1) is 15.3. The smallest absolute Gasteiger partial charge is 0.254 e. The lowest BCUT2D eigenvalue weighted by atomic mass is 10.1. The van der Waals surface area contributed by atoms with Crippen LogP contribution in [0.15, 0.2) is 91.0 Å². The van der Waals surface area contributed by atoms with Gasteiger partial charge in [0.1, 0.15) is 0 Å². The third-order valence-electron chi connectivity index (χ3n) is 5.53. The summed E-state index contributed by atoms with van der Waals surface area (Å²) in [5, 5.41) is 0. The van der Waals surface area contributed by atoms with Gasteiger partial charge in [-0.25, -0.2) is 0 Å². The van der Waals surface area contributed by atoms with E-state index in [0.717, 1.165) is 49.4 Å². The van der Waals surface area contributed by atoms with Gasteiger partial charge in [0.05, 0.1) is 32.7 Å². The van der Waals surface area contributed by atoms with Gasteiger partial charge in [-0.1, -0.05) is 66.4 Å². The lowest BCUT2D eigenvalue weighted by Crippen LogP contribution is -3.14. The minimum absolute atomic E-state index is 0.112. The van der Waals surface area contributed by atoms with Crippen LogP contribution in [0.1, 0.15) is 27.0 Å². The van der Waals surface area contributed by atoms with E-state index in [2.05, 4.69) is 48.3 Å². The molecule has 4 rings (SSSR count). The highest BCUT2D eigenvalue weighted by atomic mass is 16.2. The van der Waals surface area contributed by atoms with E-state index >= 15 is 0 Å². The van der Waals surface area contributed by atoms with Gasteiger partial charge in [0.25, 0.3) is 5.91 Å². The fourth-order valence-corrected chi connectivity index (χ4v) is 3.70. The number of amides is 1. The van der Waals surface area contributed by atoms with E-state index < -0.39 is 0 Å². The van der Waals surface area contributed by atoms with Crippen LogP contribution in [0.5, 0.6) is 0 Å². The first-order valence-corrected chi connectivity index (χ1v) is 10.8. The van der Waals surface area contributed by atoms with Gasteiger partial charge < -0.3 is 9.80 Å². The van der Waals surface area contributed by atoms with Gasteiger partial charge in [0.15, 0.2) is 0 Å². The van der Waals surface area contributed by atoms with E-state index in [1.807, 2.05) is 65.6 Å². The maximum absolute atomic E-state index is 12.9. The number of carbonyl (C=O) groups is 1. The number of hydrogen-bond donors (Lipinski definition) is 1. The Balaban J connectivity index is 1.27. The van der Waals surface area contributed by atoms with Crippen LogP contribution in [0.4, 0.5) is 0 Å². The van der Waals surface area contributed by atoms with Crippen molar-refractivity contribution in [3.63, 3.8) is 0 Å². The maximum Gasteiger partial charge on any atom is 0.254 e. The number of rotatable bonds is 4. The van der Waals surface area contributed by atoms with Crippen molar-refractivity contribution in [1.29, 1.82) is 0 Å². The minimum Gasteiger partial charge on any atom is -0.329 e. The van der Waals surface area contributed by atoms with Crippen molar-refractivity contribution in [2.75, 3.05) is 32.7 Å². The Kier molecular flexibility index (Phi) is 6.95. The fourth-order valence-electron chi connectivity index (χ4n) is 3.70. The first kappa shape index (κ1) is 20.7. The zero-order chi connectivity index (χ0) is 21.3. The van der Waals surface area contributed by atoms with Gasteiger partial charge in [-0.2, -0.15) is 0 Å². The largest absolute Gasteiger partial charge is 0.329 e. The summed E-state index contributed by atoms with van der Waals surface area (Å²) in [6, 6.07) is 27.9. The van der Waals surface area contributed by atoms with Gasteiger partial charge in [-0.05, 0) is 48.0 Å².